The topological polar surface area (TPSA) is 81.8 Å². The molecule has 158 valence electrons. The molecule has 4 rings (SSSR count). The van der Waals surface area contributed by atoms with Crippen molar-refractivity contribution < 1.29 is 4.79 Å². The monoisotopic (exact) mass is 435 g/mol. The van der Waals surface area contributed by atoms with E-state index >= 15 is 0 Å². The second-order valence-electron chi connectivity index (χ2n) is 7.29. The number of nitrogens with zero attached hydrogens (tertiary/aromatic N) is 4. The summed E-state index contributed by atoms with van der Waals surface area (Å²) >= 11 is 6.12. The van der Waals surface area contributed by atoms with Crippen molar-refractivity contribution in [2.45, 2.75) is 33.4 Å². The third-order valence-electron chi connectivity index (χ3n) is 5.17. The van der Waals surface area contributed by atoms with E-state index < -0.39 is 0 Å². The quantitative estimate of drug-likeness (QED) is 0.502. The highest BCUT2D eigenvalue weighted by molar-refractivity contribution is 6.31. The van der Waals surface area contributed by atoms with Gasteiger partial charge < -0.3 is 5.32 Å². The first kappa shape index (κ1) is 20.8. The van der Waals surface area contributed by atoms with Crippen LogP contribution in [0.15, 0.2) is 59.4 Å². The average Bonchev–Trinajstić information content (AvgIpc) is 3.13. The van der Waals surface area contributed by atoms with E-state index in [0.717, 1.165) is 22.3 Å². The summed E-state index contributed by atoms with van der Waals surface area (Å²) in [5.41, 5.74) is 3.31. The van der Waals surface area contributed by atoms with Gasteiger partial charge in [0.2, 0.25) is 5.91 Å². The van der Waals surface area contributed by atoms with Crippen LogP contribution in [0, 0.1) is 13.8 Å². The molecule has 8 heteroatoms. The summed E-state index contributed by atoms with van der Waals surface area (Å²) in [6.45, 7) is 4.27. The Morgan fingerprint density at radius 1 is 1.03 bits per heavy atom. The van der Waals surface area contributed by atoms with Gasteiger partial charge in [-0.25, -0.2) is 9.36 Å². The zero-order valence-electron chi connectivity index (χ0n) is 17.3. The summed E-state index contributed by atoms with van der Waals surface area (Å²) < 4.78 is 3.07. The molecule has 31 heavy (non-hydrogen) atoms. The van der Waals surface area contributed by atoms with Crippen molar-refractivity contribution in [1.82, 2.24) is 24.9 Å². The van der Waals surface area contributed by atoms with Crippen LogP contribution in [0.4, 0.5) is 0 Å². The molecule has 0 aliphatic rings. The molecule has 0 saturated carbocycles. The van der Waals surface area contributed by atoms with Gasteiger partial charge in [-0.2, -0.15) is 10.2 Å². The second-order valence-corrected chi connectivity index (χ2v) is 7.70. The second kappa shape index (κ2) is 8.73. The van der Waals surface area contributed by atoms with Gasteiger partial charge in [0.1, 0.15) is 0 Å². The molecule has 0 saturated heterocycles. The lowest BCUT2D eigenvalue weighted by Crippen LogP contribution is -2.29. The van der Waals surface area contributed by atoms with Crippen LogP contribution in [-0.2, 0) is 17.9 Å². The van der Waals surface area contributed by atoms with Crippen LogP contribution in [0.3, 0.4) is 0 Å². The molecular weight excluding hydrogens is 414 g/mol. The molecule has 4 aromatic rings. The molecule has 0 aliphatic carbocycles. The van der Waals surface area contributed by atoms with Crippen molar-refractivity contribution in [3.63, 3.8) is 0 Å². The Kier molecular flexibility index (Phi) is 5.86. The van der Waals surface area contributed by atoms with Crippen LogP contribution < -0.4 is 10.9 Å². The Balaban J connectivity index is 1.53. The van der Waals surface area contributed by atoms with Crippen LogP contribution in [0.25, 0.3) is 16.6 Å². The van der Waals surface area contributed by atoms with Crippen molar-refractivity contribution in [1.29, 1.82) is 0 Å². The minimum atomic E-state index is -0.308. The number of aromatic nitrogens is 4. The fourth-order valence-corrected chi connectivity index (χ4v) is 3.79. The Morgan fingerprint density at radius 2 is 1.74 bits per heavy atom. The summed E-state index contributed by atoms with van der Waals surface area (Å²) in [5, 5.41) is 13.1. The van der Waals surface area contributed by atoms with Crippen LogP contribution in [-0.4, -0.2) is 25.5 Å². The highest BCUT2D eigenvalue weighted by atomic mass is 35.5. The fourth-order valence-electron chi connectivity index (χ4n) is 3.59. The number of hydrogen-bond acceptors (Lipinski definition) is 4. The lowest BCUT2D eigenvalue weighted by atomic mass is 10.2. The van der Waals surface area contributed by atoms with E-state index in [1.165, 1.54) is 4.68 Å². The lowest BCUT2D eigenvalue weighted by Gasteiger charge is -2.08. The Hall–Kier alpha value is -3.45. The van der Waals surface area contributed by atoms with Crippen molar-refractivity contribution >= 4 is 28.4 Å². The normalized spacial score (nSPS) is 11.1. The predicted octanol–water partition coefficient (Wildman–Crippen LogP) is 3.56. The first-order valence-corrected chi connectivity index (χ1v) is 10.4. The number of amides is 1. The minimum absolute atomic E-state index is 0.126. The summed E-state index contributed by atoms with van der Waals surface area (Å²) in [4.78, 5) is 25.3. The van der Waals surface area contributed by atoms with Gasteiger partial charge in [-0.1, -0.05) is 48.0 Å². The molecule has 2 heterocycles. The zero-order chi connectivity index (χ0) is 22.0. The Morgan fingerprint density at radius 3 is 2.48 bits per heavy atom. The van der Waals surface area contributed by atoms with Crippen LogP contribution in [0.1, 0.15) is 23.4 Å². The number of hydrogen-bond donors (Lipinski definition) is 1. The van der Waals surface area contributed by atoms with Crippen molar-refractivity contribution in [2.75, 3.05) is 0 Å². The molecular formula is C23H22ClN5O2. The third-order valence-corrected chi connectivity index (χ3v) is 5.54. The number of para-hydroxylation sites is 1. The highest BCUT2D eigenvalue weighted by Gasteiger charge is 2.17. The van der Waals surface area contributed by atoms with E-state index in [1.54, 1.807) is 10.7 Å². The molecule has 0 fully saturated rings. The number of carbonyl (C=O) groups excluding carboxylic acids is 1. The number of fused-ring (bicyclic) bond motifs is 1. The predicted molar refractivity (Wildman–Crippen MR) is 121 cm³/mol. The van der Waals surface area contributed by atoms with Crippen molar-refractivity contribution in [3.8, 4) is 5.69 Å². The van der Waals surface area contributed by atoms with Gasteiger partial charge >= 0.3 is 0 Å². The molecule has 0 atom stereocenters. The highest BCUT2D eigenvalue weighted by Crippen LogP contribution is 2.21. The fraction of sp³-hybridized carbons (Fsp3) is 0.217. The van der Waals surface area contributed by atoms with Gasteiger partial charge in [0.25, 0.3) is 5.56 Å². The molecule has 0 spiro atoms. The largest absolute Gasteiger partial charge is 0.352 e. The summed E-state index contributed by atoms with van der Waals surface area (Å²) in [6.07, 6.45) is 0.126. The SMILES string of the molecule is Cc1nn(CCC(=O)NCc2ccccc2Cl)c(=O)c2nn(-c3ccccc3)c(C)c12. The molecule has 1 amide bonds. The standard InChI is InChI=1S/C23H22ClN5O2/c1-15-21-16(2)29(18-9-4-3-5-10-18)27-22(21)23(31)28(26-15)13-12-20(30)25-14-17-8-6-7-11-19(17)24/h3-11H,12-14H2,1-2H3,(H,25,30). The lowest BCUT2D eigenvalue weighted by molar-refractivity contribution is -0.121. The number of nitrogens with one attached hydrogen (secondary N) is 1. The number of carbonyl (C=O) groups is 1. The summed E-state index contributed by atoms with van der Waals surface area (Å²) in [5.74, 6) is -0.183. The van der Waals surface area contributed by atoms with E-state index in [4.69, 9.17) is 11.6 Å². The molecule has 2 aromatic heterocycles. The van der Waals surface area contributed by atoms with Gasteiger partial charge in [-0.3, -0.25) is 9.59 Å². The first-order valence-electron chi connectivity index (χ1n) is 9.98. The Labute approximate surface area is 184 Å². The molecule has 0 radical (unpaired) electrons. The first-order chi connectivity index (χ1) is 15.0. The van der Waals surface area contributed by atoms with Gasteiger partial charge in [-0.15, -0.1) is 0 Å². The summed E-state index contributed by atoms with van der Waals surface area (Å²) in [7, 11) is 0. The maximum atomic E-state index is 13.0. The smallest absolute Gasteiger partial charge is 0.295 e. The van der Waals surface area contributed by atoms with Crippen molar-refractivity contribution in [3.05, 3.63) is 86.9 Å². The zero-order valence-corrected chi connectivity index (χ0v) is 18.1. The van der Waals surface area contributed by atoms with Gasteiger partial charge in [-0.05, 0) is 37.6 Å². The van der Waals surface area contributed by atoms with Crippen LogP contribution in [0.5, 0.6) is 0 Å². The molecule has 0 unspecified atom stereocenters. The van der Waals surface area contributed by atoms with Gasteiger partial charge in [0.15, 0.2) is 5.52 Å². The molecule has 0 aliphatic heterocycles. The molecule has 1 N–H and O–H groups in total. The van der Waals surface area contributed by atoms with Crippen molar-refractivity contribution in [2.24, 2.45) is 0 Å². The van der Waals surface area contributed by atoms with E-state index in [0.29, 0.717) is 22.8 Å². The number of rotatable bonds is 6. The maximum absolute atomic E-state index is 13.0. The molecule has 2 aromatic carbocycles. The van der Waals surface area contributed by atoms with Crippen LogP contribution >= 0.6 is 11.6 Å². The van der Waals surface area contributed by atoms with Gasteiger partial charge in [0, 0.05) is 18.0 Å². The number of halogens is 1. The maximum Gasteiger partial charge on any atom is 0.295 e. The average molecular weight is 436 g/mol. The number of benzene rings is 2. The minimum Gasteiger partial charge on any atom is -0.352 e. The molecule has 0 bridgehead atoms. The van der Waals surface area contributed by atoms with E-state index in [-0.39, 0.29) is 24.4 Å². The van der Waals surface area contributed by atoms with Crippen LogP contribution in [0.2, 0.25) is 5.02 Å². The molecule has 7 nitrogen and oxygen atoms in total. The van der Waals surface area contributed by atoms with Gasteiger partial charge in [0.05, 0.1) is 29.0 Å². The van der Waals surface area contributed by atoms with E-state index in [9.17, 15) is 9.59 Å². The van der Waals surface area contributed by atoms with E-state index in [2.05, 4.69) is 15.5 Å². The Bertz CT molecular complexity index is 1310. The summed E-state index contributed by atoms with van der Waals surface area (Å²) in [6, 6.07) is 17.0. The van der Waals surface area contributed by atoms with E-state index in [1.807, 2.05) is 62.4 Å². The third kappa shape index (κ3) is 4.22. The number of aryl methyl sites for hydroxylation is 3.